The van der Waals surface area contributed by atoms with Crippen LogP contribution in [0.3, 0.4) is 0 Å². The van der Waals surface area contributed by atoms with Gasteiger partial charge in [-0.3, -0.25) is 0 Å². The van der Waals surface area contributed by atoms with Crippen LogP contribution in [0.5, 0.6) is 0 Å². The highest BCUT2D eigenvalue weighted by Crippen LogP contribution is 2.43. The summed E-state index contributed by atoms with van der Waals surface area (Å²) in [5.41, 5.74) is 9.78. The molecule has 0 N–H and O–H groups in total. The van der Waals surface area contributed by atoms with Gasteiger partial charge in [-0.05, 0) is 82.6 Å². The van der Waals surface area contributed by atoms with E-state index < -0.39 is 0 Å². The van der Waals surface area contributed by atoms with E-state index in [0.717, 1.165) is 66.5 Å². The summed E-state index contributed by atoms with van der Waals surface area (Å²) in [6.07, 6.45) is 0. The molecule has 0 fully saturated rings. The molecule has 13 rings (SSSR count). The van der Waals surface area contributed by atoms with Gasteiger partial charge in [-0.1, -0.05) is 133 Å². The largest absolute Gasteiger partial charge is 0.454 e. The lowest BCUT2D eigenvalue weighted by atomic mass is 10.0. The van der Waals surface area contributed by atoms with Crippen molar-refractivity contribution in [2.75, 3.05) is 0 Å². The first-order chi connectivity index (χ1) is 30.2. The number of nitrogens with zero attached hydrogens (tertiary/aromatic N) is 4. The molecule has 284 valence electrons. The predicted octanol–water partition coefficient (Wildman–Crippen LogP) is 15.1. The van der Waals surface area contributed by atoms with Crippen LogP contribution in [0.25, 0.3) is 126 Å². The number of benzene rings is 9. The standard InChI is InChI=1S/C55H32N4OS/c1-2-12-33(13-3-1)34-22-24-35(25-23-34)53-56-54(38-26-29-50-44(31-38)40-17-8-11-21-49(40)61-50)58-55(57-53)42-27-28-46(52-51(42)41-18-7-10-20-48(41)60-52)59-45-19-9-6-16-39(45)43-30-36-14-4-5-15-37(36)32-47(43)59/h1-32H. The van der Waals surface area contributed by atoms with E-state index in [4.69, 9.17) is 19.4 Å². The van der Waals surface area contributed by atoms with Crippen molar-refractivity contribution in [1.29, 1.82) is 0 Å². The molecule has 0 spiro atoms. The third-order valence-electron chi connectivity index (χ3n) is 12.0. The van der Waals surface area contributed by atoms with E-state index >= 15 is 0 Å². The maximum atomic E-state index is 6.93. The number of hydrogen-bond acceptors (Lipinski definition) is 5. The molecule has 0 atom stereocenters. The number of aromatic nitrogens is 4. The second-order valence-electron chi connectivity index (χ2n) is 15.6. The first kappa shape index (κ1) is 34.0. The topological polar surface area (TPSA) is 56.7 Å². The van der Waals surface area contributed by atoms with Gasteiger partial charge in [0.25, 0.3) is 0 Å². The molecule has 5 nitrogen and oxygen atoms in total. The lowest BCUT2D eigenvalue weighted by Crippen LogP contribution is -2.01. The minimum Gasteiger partial charge on any atom is -0.454 e. The summed E-state index contributed by atoms with van der Waals surface area (Å²) in [6, 6.07) is 68.5. The number of thiophene rings is 1. The molecule has 0 amide bonds. The maximum absolute atomic E-state index is 6.93. The maximum Gasteiger partial charge on any atom is 0.164 e. The monoisotopic (exact) mass is 796 g/mol. The number of hydrogen-bond donors (Lipinski definition) is 0. The van der Waals surface area contributed by atoms with Crippen molar-refractivity contribution in [1.82, 2.24) is 19.5 Å². The number of para-hydroxylation sites is 2. The van der Waals surface area contributed by atoms with Crippen molar-refractivity contribution in [2.45, 2.75) is 0 Å². The minimum atomic E-state index is 0.582. The Kier molecular flexibility index (Phi) is 7.41. The van der Waals surface area contributed by atoms with E-state index in [1.165, 1.54) is 41.7 Å². The molecule has 0 aliphatic heterocycles. The third-order valence-corrected chi connectivity index (χ3v) is 13.2. The Morgan fingerprint density at radius 3 is 1.87 bits per heavy atom. The van der Waals surface area contributed by atoms with E-state index in [1.54, 1.807) is 11.3 Å². The Labute approximate surface area is 353 Å². The van der Waals surface area contributed by atoms with Gasteiger partial charge in [0, 0.05) is 58.4 Å². The molecule has 13 aromatic rings. The van der Waals surface area contributed by atoms with Crippen molar-refractivity contribution in [3.05, 3.63) is 194 Å². The van der Waals surface area contributed by atoms with Crippen LogP contribution in [0, 0.1) is 0 Å². The Morgan fingerprint density at radius 2 is 1.02 bits per heavy atom. The van der Waals surface area contributed by atoms with Crippen LogP contribution in [0.4, 0.5) is 0 Å². The summed E-state index contributed by atoms with van der Waals surface area (Å²) in [6.45, 7) is 0. The lowest BCUT2D eigenvalue weighted by Gasteiger charge is -2.13. The Hall–Kier alpha value is -7.93. The zero-order valence-electron chi connectivity index (χ0n) is 32.6. The summed E-state index contributed by atoms with van der Waals surface area (Å²) in [4.78, 5) is 15.8. The molecule has 0 saturated carbocycles. The molecule has 4 heterocycles. The molecule has 0 aliphatic carbocycles. The van der Waals surface area contributed by atoms with Crippen molar-refractivity contribution in [2.24, 2.45) is 0 Å². The van der Waals surface area contributed by atoms with Gasteiger partial charge in [0.1, 0.15) is 5.58 Å². The second kappa shape index (κ2) is 13.3. The van der Waals surface area contributed by atoms with Gasteiger partial charge < -0.3 is 8.98 Å². The molecule has 9 aromatic carbocycles. The van der Waals surface area contributed by atoms with Crippen LogP contribution < -0.4 is 0 Å². The molecule has 0 radical (unpaired) electrons. The third kappa shape index (κ3) is 5.36. The Bertz CT molecular complexity index is 3880. The molecule has 0 aliphatic rings. The molecule has 0 saturated heterocycles. The highest BCUT2D eigenvalue weighted by molar-refractivity contribution is 7.25. The zero-order chi connectivity index (χ0) is 40.0. The highest BCUT2D eigenvalue weighted by atomic mass is 32.1. The molecular weight excluding hydrogens is 765 g/mol. The normalized spacial score (nSPS) is 11.9. The number of furan rings is 1. The van der Waals surface area contributed by atoms with Crippen LogP contribution in [-0.2, 0) is 0 Å². The van der Waals surface area contributed by atoms with Crippen LogP contribution in [0.1, 0.15) is 0 Å². The number of fused-ring (bicyclic) bond motifs is 10. The quantitative estimate of drug-likeness (QED) is 0.174. The number of rotatable bonds is 5. The van der Waals surface area contributed by atoms with E-state index in [2.05, 4.69) is 180 Å². The first-order valence-corrected chi connectivity index (χ1v) is 21.2. The Morgan fingerprint density at radius 1 is 0.393 bits per heavy atom. The van der Waals surface area contributed by atoms with Gasteiger partial charge in [-0.25, -0.2) is 15.0 Å². The fourth-order valence-electron chi connectivity index (χ4n) is 9.15. The van der Waals surface area contributed by atoms with Gasteiger partial charge in [0.15, 0.2) is 23.1 Å². The van der Waals surface area contributed by atoms with E-state index in [0.29, 0.717) is 17.5 Å². The van der Waals surface area contributed by atoms with E-state index in [-0.39, 0.29) is 0 Å². The highest BCUT2D eigenvalue weighted by Gasteiger charge is 2.23. The molecular formula is C55H32N4OS. The molecule has 6 heteroatoms. The van der Waals surface area contributed by atoms with Crippen molar-refractivity contribution in [3.8, 4) is 51.0 Å². The summed E-state index contributed by atoms with van der Waals surface area (Å²) in [5, 5.41) is 9.18. The van der Waals surface area contributed by atoms with E-state index in [1.807, 2.05) is 18.2 Å². The smallest absolute Gasteiger partial charge is 0.164 e. The summed E-state index contributed by atoms with van der Waals surface area (Å²) in [5.74, 6) is 1.80. The van der Waals surface area contributed by atoms with Crippen LogP contribution in [0.15, 0.2) is 199 Å². The first-order valence-electron chi connectivity index (χ1n) is 20.4. The second-order valence-corrected chi connectivity index (χ2v) is 16.6. The Balaban J connectivity index is 1.06. The van der Waals surface area contributed by atoms with Crippen molar-refractivity contribution in [3.63, 3.8) is 0 Å². The zero-order valence-corrected chi connectivity index (χ0v) is 33.4. The minimum absolute atomic E-state index is 0.582. The van der Waals surface area contributed by atoms with Crippen molar-refractivity contribution < 1.29 is 4.42 Å². The predicted molar refractivity (Wildman–Crippen MR) is 254 cm³/mol. The lowest BCUT2D eigenvalue weighted by molar-refractivity contribution is 0.666. The average molecular weight is 797 g/mol. The van der Waals surface area contributed by atoms with E-state index in [9.17, 15) is 0 Å². The summed E-state index contributed by atoms with van der Waals surface area (Å²) in [7, 11) is 0. The van der Waals surface area contributed by atoms with Crippen molar-refractivity contribution >= 4 is 86.0 Å². The van der Waals surface area contributed by atoms with Gasteiger partial charge in [0.2, 0.25) is 0 Å². The fraction of sp³-hybridized carbons (Fsp3) is 0. The van der Waals surface area contributed by atoms with Crippen LogP contribution in [0.2, 0.25) is 0 Å². The van der Waals surface area contributed by atoms with Gasteiger partial charge >= 0.3 is 0 Å². The van der Waals surface area contributed by atoms with Gasteiger partial charge in [-0.15, -0.1) is 11.3 Å². The molecule has 4 aromatic heterocycles. The average Bonchev–Trinajstić information content (AvgIpc) is 4.00. The fourth-order valence-corrected chi connectivity index (χ4v) is 10.2. The van der Waals surface area contributed by atoms with Crippen LogP contribution in [-0.4, -0.2) is 19.5 Å². The molecule has 61 heavy (non-hydrogen) atoms. The summed E-state index contributed by atoms with van der Waals surface area (Å²) >= 11 is 1.80. The van der Waals surface area contributed by atoms with Gasteiger partial charge in [0.05, 0.1) is 16.7 Å². The molecule has 0 unspecified atom stereocenters. The SMILES string of the molecule is c1ccc(-c2ccc(-c3nc(-c4ccc5sc6ccccc6c5c4)nc(-c4ccc(-n5c6ccccc6c6cc7ccccc7cc65)c5oc6ccccc6c45)n3)cc2)cc1. The van der Waals surface area contributed by atoms with Gasteiger partial charge in [-0.2, -0.15) is 0 Å². The summed E-state index contributed by atoms with van der Waals surface area (Å²) < 4.78 is 11.8. The van der Waals surface area contributed by atoms with Crippen LogP contribution >= 0.6 is 11.3 Å². The molecule has 0 bridgehead atoms.